The standard InChI is InChI=1S/C28H41N5O7.C15H27NO5.C13H14N4O2/c1-3-32(4-2)25-6-5-23-19-26(28(34)40-27(23)20-25)33-22-24(29-30-33)21-31-7-9-35-11-13-37-15-17-39-18-16-38-14-12-36-10-8-31;1-2-3-16-4-6-17-8-10-19-12-14-21-15-13-20-11-9-18-7-5-16;1-3-17(4-2)10-6-5-9-7-11(15-16-14)13(18)19-12(9)8-10/h5-6,19-20,22H,3-4,7-18,21H2,1-2H3;1H,3-15H2;5-8H,3-4H2,1-2H3. The summed E-state index contributed by atoms with van der Waals surface area (Å²) < 4.78 is 67.5. The van der Waals surface area contributed by atoms with Gasteiger partial charge >= 0.3 is 11.3 Å². The first-order valence-electron chi connectivity index (χ1n) is 27.6. The van der Waals surface area contributed by atoms with Gasteiger partial charge in [-0.2, -0.15) is 0 Å². The number of hydrogen-bond acceptors (Lipinski definition) is 21. The van der Waals surface area contributed by atoms with Crippen LogP contribution in [0.15, 0.2) is 78.3 Å². The van der Waals surface area contributed by atoms with Crippen LogP contribution in [0, 0.1) is 12.3 Å². The van der Waals surface area contributed by atoms with Crippen molar-refractivity contribution >= 4 is 39.0 Å². The van der Waals surface area contributed by atoms with Crippen LogP contribution in [0.3, 0.4) is 0 Å². The average Bonchev–Trinajstić information content (AvgIpc) is 3.98. The van der Waals surface area contributed by atoms with Crippen molar-refractivity contribution in [2.75, 3.05) is 201 Å². The summed E-state index contributed by atoms with van der Waals surface area (Å²) in [6.07, 6.45) is 7.13. The van der Waals surface area contributed by atoms with Crippen LogP contribution in [0.1, 0.15) is 33.4 Å². The van der Waals surface area contributed by atoms with Gasteiger partial charge in [0.2, 0.25) is 0 Å². The molecule has 2 fully saturated rings. The largest absolute Gasteiger partial charge is 0.422 e. The smallest absolute Gasteiger partial charge is 0.362 e. The summed E-state index contributed by atoms with van der Waals surface area (Å²) in [6.45, 7) is 27.1. The van der Waals surface area contributed by atoms with Gasteiger partial charge in [0.05, 0.1) is 151 Å². The van der Waals surface area contributed by atoms with Gasteiger partial charge in [-0.05, 0) is 69.6 Å². The van der Waals surface area contributed by atoms with E-state index in [9.17, 15) is 9.59 Å². The molecule has 0 unspecified atom stereocenters. The summed E-state index contributed by atoms with van der Waals surface area (Å²) in [5, 5.41) is 13.4. The fourth-order valence-electron chi connectivity index (χ4n) is 8.15. The first-order valence-corrected chi connectivity index (χ1v) is 27.6. The van der Waals surface area contributed by atoms with Crippen LogP contribution < -0.4 is 21.1 Å². The molecule has 0 radical (unpaired) electrons. The molecule has 2 aliphatic rings. The van der Waals surface area contributed by atoms with Crippen molar-refractivity contribution in [1.82, 2.24) is 24.8 Å². The van der Waals surface area contributed by atoms with Gasteiger partial charge in [-0.1, -0.05) is 16.2 Å². The van der Waals surface area contributed by atoms with Crippen molar-refractivity contribution in [2.24, 2.45) is 5.11 Å². The van der Waals surface area contributed by atoms with Gasteiger partial charge in [-0.15, -0.1) is 11.5 Å². The van der Waals surface area contributed by atoms with E-state index in [4.69, 9.17) is 68.2 Å². The Morgan fingerprint density at radius 2 is 0.938 bits per heavy atom. The fraction of sp³-hybridized carbons (Fsp3) is 0.607. The second kappa shape index (κ2) is 39.4. The van der Waals surface area contributed by atoms with Crippen molar-refractivity contribution in [3.05, 3.63) is 91.7 Å². The van der Waals surface area contributed by atoms with Crippen LogP contribution in [0.5, 0.6) is 0 Å². The first kappa shape index (κ1) is 64.8. The molecule has 2 aliphatic heterocycles. The van der Waals surface area contributed by atoms with E-state index in [1.54, 1.807) is 12.3 Å². The molecule has 0 saturated carbocycles. The molecule has 0 amide bonds. The van der Waals surface area contributed by atoms with Crippen LogP contribution in [-0.2, 0) is 53.9 Å². The molecule has 0 bridgehead atoms. The van der Waals surface area contributed by atoms with E-state index >= 15 is 0 Å². The number of terminal acetylenes is 1. The number of hydrogen-bond donors (Lipinski definition) is 0. The number of rotatable bonds is 11. The molecule has 7 rings (SSSR count). The molecule has 0 aliphatic carbocycles. The molecule has 2 aromatic carbocycles. The van der Waals surface area contributed by atoms with E-state index in [2.05, 4.69) is 73.6 Å². The topological polar surface area (TPSA) is 245 Å². The number of fused-ring (bicyclic) bond motifs is 2. The lowest BCUT2D eigenvalue weighted by atomic mass is 10.2. The lowest BCUT2D eigenvalue weighted by Crippen LogP contribution is -2.32. The lowest BCUT2D eigenvalue weighted by Gasteiger charge is -2.21. The molecule has 5 aromatic rings. The highest BCUT2D eigenvalue weighted by molar-refractivity contribution is 5.83. The molecule has 3 aromatic heterocycles. The third-order valence-electron chi connectivity index (χ3n) is 12.5. The Hall–Kier alpha value is -6.01. The second-order valence-electron chi connectivity index (χ2n) is 17.9. The highest BCUT2D eigenvalue weighted by Gasteiger charge is 2.15. The molecule has 0 atom stereocenters. The number of ether oxygens (including phenoxy) is 10. The van der Waals surface area contributed by atoms with Crippen LogP contribution in [-0.4, -0.2) is 216 Å². The maximum Gasteiger partial charge on any atom is 0.362 e. The van der Waals surface area contributed by atoms with Crippen molar-refractivity contribution < 1.29 is 56.2 Å². The minimum Gasteiger partial charge on any atom is -0.422 e. The molecule has 24 heteroatoms. The zero-order valence-corrected chi connectivity index (χ0v) is 47.2. The Balaban J connectivity index is 0.000000246. The number of azide groups is 1. The molecule has 2 saturated heterocycles. The van der Waals surface area contributed by atoms with Gasteiger partial charge in [0, 0.05) is 98.1 Å². The maximum absolute atomic E-state index is 12.9. The van der Waals surface area contributed by atoms with Crippen molar-refractivity contribution in [3.8, 4) is 18.0 Å². The fourth-order valence-corrected chi connectivity index (χ4v) is 8.15. The summed E-state index contributed by atoms with van der Waals surface area (Å²) in [5.41, 5.74) is 11.4. The number of benzene rings is 2. The van der Waals surface area contributed by atoms with E-state index < -0.39 is 11.3 Å². The number of nitrogens with zero attached hydrogens (tertiary/aromatic N) is 10. The van der Waals surface area contributed by atoms with Crippen LogP contribution in [0.25, 0.3) is 38.1 Å². The molecular formula is C56H82N10O14. The molecule has 80 heavy (non-hydrogen) atoms. The van der Waals surface area contributed by atoms with Crippen molar-refractivity contribution in [3.63, 3.8) is 0 Å². The third kappa shape index (κ3) is 24.0. The van der Waals surface area contributed by atoms with E-state index in [1.807, 2.05) is 36.4 Å². The monoisotopic (exact) mass is 1120 g/mol. The van der Waals surface area contributed by atoms with Gasteiger partial charge in [0.1, 0.15) is 16.9 Å². The second-order valence-corrected chi connectivity index (χ2v) is 17.9. The average molecular weight is 1120 g/mol. The Labute approximate surface area is 468 Å². The summed E-state index contributed by atoms with van der Waals surface area (Å²) in [5.74, 6) is 2.66. The van der Waals surface area contributed by atoms with E-state index in [-0.39, 0.29) is 5.69 Å². The zero-order valence-electron chi connectivity index (χ0n) is 47.2. The van der Waals surface area contributed by atoms with Gasteiger partial charge in [0.15, 0.2) is 5.69 Å². The van der Waals surface area contributed by atoms with E-state index in [1.165, 1.54) is 10.7 Å². The normalized spacial score (nSPS) is 17.3. The van der Waals surface area contributed by atoms with E-state index in [0.717, 1.165) is 67.1 Å². The Bertz CT molecular complexity index is 2670. The minimum absolute atomic E-state index is 0.0226. The van der Waals surface area contributed by atoms with Crippen LogP contribution in [0.2, 0.25) is 0 Å². The van der Waals surface area contributed by atoms with Crippen molar-refractivity contribution in [1.29, 1.82) is 0 Å². The quantitative estimate of drug-likeness (QED) is 0.0505. The van der Waals surface area contributed by atoms with Gasteiger partial charge < -0.3 is 66.0 Å². The molecule has 5 heterocycles. The van der Waals surface area contributed by atoms with E-state index in [0.29, 0.717) is 175 Å². The zero-order chi connectivity index (χ0) is 56.8. The number of aromatic nitrogens is 3. The highest BCUT2D eigenvalue weighted by Crippen LogP contribution is 2.25. The summed E-state index contributed by atoms with van der Waals surface area (Å²) in [6, 6.07) is 14.9. The molecule has 24 nitrogen and oxygen atoms in total. The highest BCUT2D eigenvalue weighted by atomic mass is 16.6. The molecule has 0 spiro atoms. The molecular weight excluding hydrogens is 1040 g/mol. The molecule has 0 N–H and O–H groups in total. The predicted octanol–water partition coefficient (Wildman–Crippen LogP) is 5.72. The van der Waals surface area contributed by atoms with Gasteiger partial charge in [-0.3, -0.25) is 9.80 Å². The summed E-state index contributed by atoms with van der Waals surface area (Å²) >= 11 is 0. The summed E-state index contributed by atoms with van der Waals surface area (Å²) in [7, 11) is 0. The van der Waals surface area contributed by atoms with Crippen molar-refractivity contribution in [2.45, 2.75) is 34.2 Å². The number of anilines is 2. The first-order chi connectivity index (χ1) is 39.3. The molecule has 440 valence electrons. The lowest BCUT2D eigenvalue weighted by molar-refractivity contribution is -0.0190. The SMILES string of the molecule is C#CCN1CCOCCOCCOCCOCCOCC1.CCN(CC)c1ccc2cc(-n3cc(CN4CCOCCOCCOCCOCCOCC4)nn3)c(=O)oc2c1.CCN(CC)c1ccc2cc(N=[N+]=[N-])c(=O)oc2c1. The van der Waals surface area contributed by atoms with Crippen LogP contribution >= 0.6 is 0 Å². The predicted molar refractivity (Wildman–Crippen MR) is 305 cm³/mol. The maximum atomic E-state index is 12.9. The third-order valence-corrected chi connectivity index (χ3v) is 12.5. The van der Waals surface area contributed by atoms with Gasteiger partial charge in [-0.25, -0.2) is 14.3 Å². The van der Waals surface area contributed by atoms with Crippen LogP contribution in [0.4, 0.5) is 17.1 Å². The minimum atomic E-state index is -0.623. The Morgan fingerprint density at radius 1 is 0.550 bits per heavy atom. The van der Waals surface area contributed by atoms with Gasteiger partial charge in [0.25, 0.3) is 0 Å². The Morgan fingerprint density at radius 3 is 1.34 bits per heavy atom. The Kier molecular flexibility index (Phi) is 31.9. The summed E-state index contributed by atoms with van der Waals surface area (Å²) in [4.78, 5) is 35.7.